The number of methoxy groups -OCH3 is 1. The van der Waals surface area contributed by atoms with E-state index in [-0.39, 0.29) is 6.61 Å². The highest BCUT2D eigenvalue weighted by Gasteiger charge is 2.23. The lowest BCUT2D eigenvalue weighted by Crippen LogP contribution is -2.37. The zero-order chi connectivity index (χ0) is 25.2. The third-order valence-corrected chi connectivity index (χ3v) is 5.64. The molecule has 190 valence electrons. The van der Waals surface area contributed by atoms with Crippen LogP contribution in [0.3, 0.4) is 0 Å². The van der Waals surface area contributed by atoms with Crippen molar-refractivity contribution in [1.82, 2.24) is 14.7 Å². The lowest BCUT2D eigenvalue weighted by molar-refractivity contribution is 0.00329. The van der Waals surface area contributed by atoms with Gasteiger partial charge >= 0.3 is 0 Å². The SMILES string of the molecule is COCCN(Cc1c(-c2ccccc2)nn(C)c1Oc1ccc(Cl)cc1)CC(O)COCC(C)C. The number of aryl methyl sites for hydroxylation is 1. The lowest BCUT2D eigenvalue weighted by Gasteiger charge is -2.25. The zero-order valence-corrected chi connectivity index (χ0v) is 21.7. The van der Waals surface area contributed by atoms with Gasteiger partial charge in [-0.05, 0) is 30.2 Å². The van der Waals surface area contributed by atoms with Crippen LogP contribution in [0.25, 0.3) is 11.3 Å². The van der Waals surface area contributed by atoms with Gasteiger partial charge in [-0.25, -0.2) is 4.68 Å². The molecule has 0 spiro atoms. The fourth-order valence-electron chi connectivity index (χ4n) is 3.73. The molecule has 35 heavy (non-hydrogen) atoms. The van der Waals surface area contributed by atoms with Crippen molar-refractivity contribution in [1.29, 1.82) is 0 Å². The van der Waals surface area contributed by atoms with Crippen molar-refractivity contribution < 1.29 is 19.3 Å². The summed E-state index contributed by atoms with van der Waals surface area (Å²) < 4.78 is 19.1. The Morgan fingerprint density at radius 3 is 2.43 bits per heavy atom. The number of benzene rings is 2. The largest absolute Gasteiger partial charge is 0.439 e. The van der Waals surface area contributed by atoms with Crippen LogP contribution in [0.15, 0.2) is 54.6 Å². The molecule has 0 amide bonds. The molecule has 3 rings (SSSR count). The van der Waals surface area contributed by atoms with Crippen molar-refractivity contribution in [3.63, 3.8) is 0 Å². The van der Waals surface area contributed by atoms with Gasteiger partial charge in [0, 0.05) is 51.0 Å². The van der Waals surface area contributed by atoms with Gasteiger partial charge in [0.2, 0.25) is 5.88 Å². The average molecular weight is 502 g/mol. The van der Waals surface area contributed by atoms with Crippen molar-refractivity contribution in [2.45, 2.75) is 26.5 Å². The molecular weight excluding hydrogens is 466 g/mol. The summed E-state index contributed by atoms with van der Waals surface area (Å²) in [5.41, 5.74) is 2.77. The molecule has 0 radical (unpaired) electrons. The molecule has 0 saturated heterocycles. The Morgan fingerprint density at radius 2 is 1.77 bits per heavy atom. The summed E-state index contributed by atoms with van der Waals surface area (Å²) in [5.74, 6) is 1.73. The van der Waals surface area contributed by atoms with Crippen LogP contribution in [0.4, 0.5) is 0 Å². The van der Waals surface area contributed by atoms with Gasteiger partial charge in [-0.2, -0.15) is 5.10 Å². The van der Waals surface area contributed by atoms with Crippen LogP contribution in [0.1, 0.15) is 19.4 Å². The number of ether oxygens (including phenoxy) is 3. The Balaban J connectivity index is 1.89. The minimum absolute atomic E-state index is 0.286. The maximum atomic E-state index is 10.7. The van der Waals surface area contributed by atoms with E-state index in [0.29, 0.717) is 55.4 Å². The van der Waals surface area contributed by atoms with Crippen LogP contribution in [-0.4, -0.2) is 65.9 Å². The first-order valence-corrected chi connectivity index (χ1v) is 12.3. The minimum atomic E-state index is -0.622. The number of aliphatic hydroxyl groups is 1. The van der Waals surface area contributed by atoms with Crippen molar-refractivity contribution in [3.8, 4) is 22.9 Å². The van der Waals surface area contributed by atoms with Crippen LogP contribution in [0.2, 0.25) is 5.02 Å². The number of hydrogen-bond donors (Lipinski definition) is 1. The van der Waals surface area contributed by atoms with Gasteiger partial charge in [0.15, 0.2) is 0 Å². The molecule has 7 nitrogen and oxygen atoms in total. The van der Waals surface area contributed by atoms with Crippen molar-refractivity contribution >= 4 is 11.6 Å². The molecule has 0 fully saturated rings. The number of aliphatic hydroxyl groups excluding tert-OH is 1. The molecule has 8 heteroatoms. The first-order chi connectivity index (χ1) is 16.9. The summed E-state index contributed by atoms with van der Waals surface area (Å²) in [5, 5.41) is 16.1. The second-order valence-electron chi connectivity index (χ2n) is 8.99. The normalized spacial score (nSPS) is 12.5. The minimum Gasteiger partial charge on any atom is -0.439 e. The van der Waals surface area contributed by atoms with Crippen molar-refractivity contribution in [3.05, 3.63) is 65.2 Å². The Kier molecular flexibility index (Phi) is 10.6. The molecule has 2 aromatic carbocycles. The molecule has 0 aliphatic carbocycles. The number of aromatic nitrogens is 2. The van der Waals surface area contributed by atoms with Crippen LogP contribution in [-0.2, 0) is 23.1 Å². The predicted octanol–water partition coefficient (Wildman–Crippen LogP) is 5.01. The molecule has 0 aliphatic rings. The molecular formula is C27H36ClN3O4. The number of nitrogens with zero attached hydrogens (tertiary/aromatic N) is 3. The monoisotopic (exact) mass is 501 g/mol. The molecule has 0 saturated carbocycles. The summed E-state index contributed by atoms with van der Waals surface area (Å²) in [7, 11) is 3.55. The highest BCUT2D eigenvalue weighted by atomic mass is 35.5. The van der Waals surface area contributed by atoms with Crippen LogP contribution in [0.5, 0.6) is 11.6 Å². The summed E-state index contributed by atoms with van der Waals surface area (Å²) in [6.45, 7) is 7.22. The van der Waals surface area contributed by atoms with Gasteiger partial charge in [0.05, 0.1) is 24.9 Å². The quantitative estimate of drug-likeness (QED) is 0.334. The predicted molar refractivity (Wildman–Crippen MR) is 139 cm³/mol. The van der Waals surface area contributed by atoms with Crippen LogP contribution < -0.4 is 4.74 Å². The Bertz CT molecular complexity index is 1020. The molecule has 1 unspecified atom stereocenters. The standard InChI is InChI=1S/C27H36ClN3O4/c1-20(2)18-34-19-23(32)16-31(14-15-33-4)17-25-26(21-8-6-5-7-9-21)29-30(3)27(25)35-24-12-10-22(28)11-13-24/h5-13,20,23,32H,14-19H2,1-4H3. The smallest absolute Gasteiger partial charge is 0.222 e. The van der Waals surface area contributed by atoms with E-state index < -0.39 is 6.10 Å². The van der Waals surface area contributed by atoms with Crippen molar-refractivity contribution in [2.75, 3.05) is 40.0 Å². The van der Waals surface area contributed by atoms with E-state index in [4.69, 9.17) is 30.9 Å². The highest BCUT2D eigenvalue weighted by Crippen LogP contribution is 2.34. The van der Waals surface area contributed by atoms with Gasteiger partial charge < -0.3 is 19.3 Å². The highest BCUT2D eigenvalue weighted by molar-refractivity contribution is 6.30. The number of rotatable bonds is 14. The fraction of sp³-hybridized carbons (Fsp3) is 0.444. The second kappa shape index (κ2) is 13.6. The zero-order valence-electron chi connectivity index (χ0n) is 21.0. The molecule has 0 aliphatic heterocycles. The third-order valence-electron chi connectivity index (χ3n) is 5.39. The van der Waals surface area contributed by atoms with Gasteiger partial charge in [-0.1, -0.05) is 55.8 Å². The van der Waals surface area contributed by atoms with E-state index in [1.54, 1.807) is 23.9 Å². The van der Waals surface area contributed by atoms with Gasteiger partial charge in [0.1, 0.15) is 11.4 Å². The summed E-state index contributed by atoms with van der Waals surface area (Å²) >= 11 is 6.05. The molecule has 3 aromatic rings. The molecule has 1 N–H and O–H groups in total. The fourth-order valence-corrected chi connectivity index (χ4v) is 3.86. The van der Waals surface area contributed by atoms with Crippen LogP contribution in [0, 0.1) is 5.92 Å². The van der Waals surface area contributed by atoms with Gasteiger partial charge in [-0.15, -0.1) is 0 Å². The summed E-state index contributed by atoms with van der Waals surface area (Å²) in [6.07, 6.45) is -0.622. The number of hydrogen-bond acceptors (Lipinski definition) is 6. The lowest BCUT2D eigenvalue weighted by atomic mass is 10.1. The van der Waals surface area contributed by atoms with E-state index in [9.17, 15) is 5.11 Å². The third kappa shape index (κ3) is 8.33. The van der Waals surface area contributed by atoms with Crippen molar-refractivity contribution in [2.24, 2.45) is 13.0 Å². The van der Waals surface area contributed by atoms with Gasteiger partial charge in [0.25, 0.3) is 0 Å². The molecule has 1 aromatic heterocycles. The van der Waals surface area contributed by atoms with Gasteiger partial charge in [-0.3, -0.25) is 4.90 Å². The average Bonchev–Trinajstić information content (AvgIpc) is 3.14. The first kappa shape index (κ1) is 27.2. The molecule has 1 atom stereocenters. The summed E-state index contributed by atoms with van der Waals surface area (Å²) in [4.78, 5) is 2.14. The molecule has 0 bridgehead atoms. The Labute approximate surface area is 213 Å². The molecule has 1 heterocycles. The van der Waals surface area contributed by atoms with E-state index >= 15 is 0 Å². The maximum Gasteiger partial charge on any atom is 0.222 e. The van der Waals surface area contributed by atoms with E-state index in [1.807, 2.05) is 49.5 Å². The topological polar surface area (TPSA) is 69.0 Å². The Hall–Kier alpha value is -2.42. The maximum absolute atomic E-state index is 10.7. The summed E-state index contributed by atoms with van der Waals surface area (Å²) in [6, 6.07) is 17.3. The second-order valence-corrected chi connectivity index (χ2v) is 9.43. The van der Waals surface area contributed by atoms with Crippen LogP contribution >= 0.6 is 11.6 Å². The van der Waals surface area contributed by atoms with E-state index in [0.717, 1.165) is 16.8 Å². The van der Waals surface area contributed by atoms with E-state index in [2.05, 4.69) is 18.7 Å². The van der Waals surface area contributed by atoms with E-state index in [1.165, 1.54) is 0 Å². The number of halogens is 1. The first-order valence-electron chi connectivity index (χ1n) is 11.9. The Morgan fingerprint density at radius 1 is 1.06 bits per heavy atom.